The number of rotatable bonds is 5. The first kappa shape index (κ1) is 15.0. The highest BCUT2D eigenvalue weighted by Crippen LogP contribution is 2.26. The van der Waals surface area contributed by atoms with Gasteiger partial charge in [0.05, 0.1) is 12.0 Å². The lowest BCUT2D eigenvalue weighted by atomic mass is 10.1. The first-order valence-corrected chi connectivity index (χ1v) is 8.07. The van der Waals surface area contributed by atoms with E-state index < -0.39 is 0 Å². The van der Waals surface area contributed by atoms with Gasteiger partial charge in [-0.2, -0.15) is 0 Å². The number of nitrogens with one attached hydrogen (secondary N) is 1. The van der Waals surface area contributed by atoms with Gasteiger partial charge in [-0.1, -0.05) is 0 Å². The number of pyridine rings is 2. The summed E-state index contributed by atoms with van der Waals surface area (Å²) in [4.78, 5) is 13.2. The first-order chi connectivity index (χ1) is 10.6. The molecule has 3 rings (SSSR count). The predicted molar refractivity (Wildman–Crippen MR) is 92.0 cm³/mol. The number of anilines is 1. The van der Waals surface area contributed by atoms with E-state index in [4.69, 9.17) is 0 Å². The summed E-state index contributed by atoms with van der Waals surface area (Å²) in [5.41, 5.74) is 2.94. The molecule has 0 atom stereocenters. The molecule has 0 aliphatic rings. The van der Waals surface area contributed by atoms with Crippen LogP contribution >= 0.6 is 15.9 Å². The van der Waals surface area contributed by atoms with Gasteiger partial charge in [0, 0.05) is 35.3 Å². The molecule has 0 aromatic carbocycles. The molecule has 3 heterocycles. The Morgan fingerprint density at radius 1 is 1.23 bits per heavy atom. The summed E-state index contributed by atoms with van der Waals surface area (Å²) in [6.07, 6.45) is 6.62. The highest BCUT2D eigenvalue weighted by molar-refractivity contribution is 9.10. The fraction of sp³-hybridized carbons (Fsp3) is 0.312. The maximum absolute atomic E-state index is 4.61. The zero-order valence-corrected chi connectivity index (χ0v) is 14.3. The second-order valence-corrected chi connectivity index (χ2v) is 6.08. The molecular formula is C16H18BrN5. The average Bonchev–Trinajstić information content (AvgIpc) is 3.02. The number of imidazole rings is 1. The zero-order chi connectivity index (χ0) is 15.5. The highest BCUT2D eigenvalue weighted by Gasteiger charge is 2.08. The van der Waals surface area contributed by atoms with Crippen LogP contribution in [0.25, 0.3) is 11.0 Å². The predicted octanol–water partition coefficient (Wildman–Crippen LogP) is 3.71. The molecular weight excluding hydrogens is 342 g/mol. The van der Waals surface area contributed by atoms with Gasteiger partial charge in [-0.15, -0.1) is 0 Å². The number of halogens is 1. The summed E-state index contributed by atoms with van der Waals surface area (Å²) in [7, 11) is 0. The summed E-state index contributed by atoms with van der Waals surface area (Å²) < 4.78 is 3.13. The van der Waals surface area contributed by atoms with Crippen LogP contribution in [0.5, 0.6) is 0 Å². The SMILES string of the molecule is Cc1nc2nc(NCCCn3ccnc3)ccc2c(C)c1Br. The number of nitrogens with zero attached hydrogens (tertiary/aromatic N) is 4. The van der Waals surface area contributed by atoms with Crippen LogP contribution in [-0.4, -0.2) is 26.1 Å². The van der Waals surface area contributed by atoms with Crippen LogP contribution in [0.15, 0.2) is 35.3 Å². The normalized spacial score (nSPS) is 11.0. The topological polar surface area (TPSA) is 55.6 Å². The van der Waals surface area contributed by atoms with Crippen molar-refractivity contribution in [3.8, 4) is 0 Å². The van der Waals surface area contributed by atoms with Crippen molar-refractivity contribution in [3.63, 3.8) is 0 Å². The minimum absolute atomic E-state index is 0.790. The molecule has 0 aliphatic carbocycles. The van der Waals surface area contributed by atoms with E-state index in [1.165, 1.54) is 5.56 Å². The number of aryl methyl sites for hydroxylation is 3. The molecule has 1 N–H and O–H groups in total. The Bertz CT molecular complexity index is 783. The van der Waals surface area contributed by atoms with Crippen molar-refractivity contribution < 1.29 is 0 Å². The van der Waals surface area contributed by atoms with E-state index in [0.29, 0.717) is 0 Å². The van der Waals surface area contributed by atoms with Gasteiger partial charge in [0.25, 0.3) is 0 Å². The largest absolute Gasteiger partial charge is 0.370 e. The molecule has 0 aliphatic heterocycles. The lowest BCUT2D eigenvalue weighted by Crippen LogP contribution is -2.07. The summed E-state index contributed by atoms with van der Waals surface area (Å²) >= 11 is 3.58. The summed E-state index contributed by atoms with van der Waals surface area (Å²) in [5.74, 6) is 0.867. The van der Waals surface area contributed by atoms with Gasteiger partial charge < -0.3 is 9.88 Å². The molecule has 0 spiro atoms. The van der Waals surface area contributed by atoms with Gasteiger partial charge in [0.15, 0.2) is 5.65 Å². The molecule has 6 heteroatoms. The highest BCUT2D eigenvalue weighted by atomic mass is 79.9. The molecule has 0 bridgehead atoms. The molecule has 3 aromatic rings. The van der Waals surface area contributed by atoms with Crippen molar-refractivity contribution in [1.29, 1.82) is 0 Å². The Balaban J connectivity index is 1.68. The minimum Gasteiger partial charge on any atom is -0.370 e. The van der Waals surface area contributed by atoms with Crippen LogP contribution in [-0.2, 0) is 6.54 Å². The molecule has 114 valence electrons. The zero-order valence-electron chi connectivity index (χ0n) is 12.7. The van der Waals surface area contributed by atoms with Crippen molar-refractivity contribution in [2.24, 2.45) is 0 Å². The van der Waals surface area contributed by atoms with Crippen LogP contribution in [0.3, 0.4) is 0 Å². The molecule has 0 amide bonds. The number of aromatic nitrogens is 4. The standard InChI is InChI=1S/C16H18BrN5/c1-11-13-4-5-14(21-16(13)20-12(2)15(11)17)19-6-3-8-22-9-7-18-10-22/h4-5,7,9-10H,3,6,8H2,1-2H3,(H,19,20,21). The first-order valence-electron chi connectivity index (χ1n) is 7.28. The Morgan fingerprint density at radius 3 is 2.86 bits per heavy atom. The Labute approximate surface area is 137 Å². The maximum Gasteiger partial charge on any atom is 0.162 e. The van der Waals surface area contributed by atoms with Crippen LogP contribution in [0, 0.1) is 13.8 Å². The third kappa shape index (κ3) is 3.11. The lowest BCUT2D eigenvalue weighted by Gasteiger charge is -2.10. The monoisotopic (exact) mass is 359 g/mol. The van der Waals surface area contributed by atoms with Crippen molar-refractivity contribution in [2.45, 2.75) is 26.8 Å². The summed E-state index contributed by atoms with van der Waals surface area (Å²) in [6.45, 7) is 5.89. The average molecular weight is 360 g/mol. The van der Waals surface area contributed by atoms with Crippen molar-refractivity contribution in [1.82, 2.24) is 19.5 Å². The van der Waals surface area contributed by atoms with Crippen molar-refractivity contribution in [3.05, 3.63) is 46.6 Å². The van der Waals surface area contributed by atoms with E-state index in [1.54, 1.807) is 6.20 Å². The smallest absolute Gasteiger partial charge is 0.162 e. The van der Waals surface area contributed by atoms with E-state index in [0.717, 1.165) is 46.5 Å². The van der Waals surface area contributed by atoms with E-state index in [-0.39, 0.29) is 0 Å². The molecule has 0 fully saturated rings. The van der Waals surface area contributed by atoms with E-state index in [9.17, 15) is 0 Å². The minimum atomic E-state index is 0.790. The number of hydrogen-bond acceptors (Lipinski definition) is 4. The summed E-state index contributed by atoms with van der Waals surface area (Å²) in [5, 5.41) is 4.44. The lowest BCUT2D eigenvalue weighted by molar-refractivity contribution is 0.660. The van der Waals surface area contributed by atoms with Crippen LogP contribution < -0.4 is 5.32 Å². The second-order valence-electron chi connectivity index (χ2n) is 5.28. The third-order valence-corrected chi connectivity index (χ3v) is 4.83. The van der Waals surface area contributed by atoms with Gasteiger partial charge in [0.1, 0.15) is 5.82 Å². The quantitative estimate of drug-likeness (QED) is 0.705. The van der Waals surface area contributed by atoms with E-state index >= 15 is 0 Å². The van der Waals surface area contributed by atoms with Crippen molar-refractivity contribution >= 4 is 32.8 Å². The van der Waals surface area contributed by atoms with Crippen LogP contribution in [0.4, 0.5) is 5.82 Å². The van der Waals surface area contributed by atoms with E-state index in [1.807, 2.05) is 25.5 Å². The van der Waals surface area contributed by atoms with Gasteiger partial charge in [-0.3, -0.25) is 0 Å². The number of hydrogen-bond donors (Lipinski definition) is 1. The van der Waals surface area contributed by atoms with Crippen LogP contribution in [0.1, 0.15) is 17.7 Å². The van der Waals surface area contributed by atoms with Gasteiger partial charge in [-0.25, -0.2) is 15.0 Å². The molecule has 0 radical (unpaired) electrons. The number of fused-ring (bicyclic) bond motifs is 1. The second kappa shape index (κ2) is 6.44. The maximum atomic E-state index is 4.61. The van der Waals surface area contributed by atoms with Crippen molar-refractivity contribution in [2.75, 3.05) is 11.9 Å². The van der Waals surface area contributed by atoms with E-state index in [2.05, 4.69) is 53.8 Å². The van der Waals surface area contributed by atoms with Gasteiger partial charge in [0.2, 0.25) is 0 Å². The fourth-order valence-corrected chi connectivity index (χ4v) is 2.72. The molecule has 0 unspecified atom stereocenters. The van der Waals surface area contributed by atoms with Gasteiger partial charge in [-0.05, 0) is 53.9 Å². The third-order valence-electron chi connectivity index (χ3n) is 3.66. The molecule has 3 aromatic heterocycles. The molecule has 22 heavy (non-hydrogen) atoms. The Hall–Kier alpha value is -1.95. The summed E-state index contributed by atoms with van der Waals surface area (Å²) in [6, 6.07) is 4.09. The Kier molecular flexibility index (Phi) is 4.38. The van der Waals surface area contributed by atoms with Gasteiger partial charge >= 0.3 is 0 Å². The Morgan fingerprint density at radius 2 is 2.09 bits per heavy atom. The fourth-order valence-electron chi connectivity index (χ4n) is 2.42. The molecule has 5 nitrogen and oxygen atoms in total. The molecule has 0 saturated heterocycles. The van der Waals surface area contributed by atoms with Crippen LogP contribution in [0.2, 0.25) is 0 Å². The molecule has 0 saturated carbocycles.